The van der Waals surface area contributed by atoms with Crippen LogP contribution in [0.3, 0.4) is 0 Å². The van der Waals surface area contributed by atoms with Crippen LogP contribution in [-0.4, -0.2) is 5.91 Å². The molecule has 1 amide bonds. The summed E-state index contributed by atoms with van der Waals surface area (Å²) in [4.78, 5) is 11.0. The van der Waals surface area contributed by atoms with Gasteiger partial charge in [0.1, 0.15) is 5.82 Å². The Morgan fingerprint density at radius 2 is 1.79 bits per heavy atom. The number of hydrogen-bond donors (Lipinski definition) is 2. The van der Waals surface area contributed by atoms with E-state index in [4.69, 9.17) is 11.5 Å². The van der Waals surface area contributed by atoms with E-state index in [0.717, 1.165) is 16.7 Å². The third-order valence-corrected chi connectivity index (χ3v) is 3.35. The van der Waals surface area contributed by atoms with Crippen LogP contribution in [0.4, 0.5) is 4.39 Å². The summed E-state index contributed by atoms with van der Waals surface area (Å²) in [6, 6.07) is 2.75. The van der Waals surface area contributed by atoms with Gasteiger partial charge in [0.2, 0.25) is 5.91 Å². The minimum atomic E-state index is -0.329. The molecule has 3 nitrogen and oxygen atoms in total. The molecular formula is C15H23FN2O. The molecule has 1 unspecified atom stereocenters. The molecule has 0 radical (unpaired) electrons. The Kier molecular flexibility index (Phi) is 4.69. The molecule has 4 heteroatoms. The number of amides is 1. The smallest absolute Gasteiger partial charge is 0.217 e. The second-order valence-electron chi connectivity index (χ2n) is 6.07. The first-order valence-electron chi connectivity index (χ1n) is 6.43. The molecule has 0 bridgehead atoms. The maximum absolute atomic E-state index is 13.3. The van der Waals surface area contributed by atoms with Gasteiger partial charge < -0.3 is 11.5 Å². The van der Waals surface area contributed by atoms with Gasteiger partial charge in [-0.2, -0.15) is 0 Å². The van der Waals surface area contributed by atoms with Gasteiger partial charge in [-0.15, -0.1) is 0 Å². The summed E-state index contributed by atoms with van der Waals surface area (Å²) in [5, 5.41) is 0. The van der Waals surface area contributed by atoms with Gasteiger partial charge in [0, 0.05) is 12.5 Å². The SMILES string of the molecule is Cc1cc(F)cc(C)c1C(N)CC(C)(C)CC(N)=O. The van der Waals surface area contributed by atoms with Crippen LogP contribution in [0.15, 0.2) is 12.1 Å². The Balaban J connectivity index is 2.95. The summed E-state index contributed by atoms with van der Waals surface area (Å²) in [6.07, 6.45) is 0.920. The summed E-state index contributed by atoms with van der Waals surface area (Å²) in [7, 11) is 0. The van der Waals surface area contributed by atoms with Crippen molar-refractivity contribution in [3.05, 3.63) is 34.6 Å². The van der Waals surface area contributed by atoms with E-state index in [-0.39, 0.29) is 23.2 Å². The van der Waals surface area contributed by atoms with Gasteiger partial charge >= 0.3 is 0 Å². The lowest BCUT2D eigenvalue weighted by Gasteiger charge is -2.28. The Morgan fingerprint density at radius 3 is 2.21 bits per heavy atom. The van der Waals surface area contributed by atoms with Crippen molar-refractivity contribution in [3.8, 4) is 0 Å². The van der Waals surface area contributed by atoms with Crippen LogP contribution in [-0.2, 0) is 4.79 Å². The predicted molar refractivity (Wildman–Crippen MR) is 75.0 cm³/mol. The number of carbonyl (C=O) groups excluding carboxylic acids is 1. The van der Waals surface area contributed by atoms with Crippen LogP contribution in [0, 0.1) is 25.1 Å². The van der Waals surface area contributed by atoms with Crippen molar-refractivity contribution in [1.82, 2.24) is 0 Å². The van der Waals surface area contributed by atoms with E-state index < -0.39 is 0 Å². The maximum atomic E-state index is 13.3. The molecule has 0 aromatic heterocycles. The summed E-state index contributed by atoms with van der Waals surface area (Å²) >= 11 is 0. The van der Waals surface area contributed by atoms with E-state index >= 15 is 0 Å². The molecule has 0 aliphatic heterocycles. The molecule has 0 saturated carbocycles. The minimum absolute atomic E-state index is 0.227. The molecule has 1 atom stereocenters. The molecule has 0 fully saturated rings. The van der Waals surface area contributed by atoms with Crippen LogP contribution in [0.25, 0.3) is 0 Å². The van der Waals surface area contributed by atoms with Crippen LogP contribution >= 0.6 is 0 Å². The van der Waals surface area contributed by atoms with Crippen molar-refractivity contribution in [2.75, 3.05) is 0 Å². The summed E-state index contributed by atoms with van der Waals surface area (Å²) in [5.74, 6) is -0.577. The molecule has 1 aromatic carbocycles. The lowest BCUT2D eigenvalue weighted by Crippen LogP contribution is -2.27. The highest BCUT2D eigenvalue weighted by molar-refractivity contribution is 5.74. The maximum Gasteiger partial charge on any atom is 0.217 e. The number of primary amides is 1. The lowest BCUT2D eigenvalue weighted by molar-refractivity contribution is -0.120. The average molecular weight is 266 g/mol. The molecule has 19 heavy (non-hydrogen) atoms. The van der Waals surface area contributed by atoms with Gasteiger partial charge in [0.25, 0.3) is 0 Å². The zero-order chi connectivity index (χ0) is 14.8. The molecule has 0 saturated heterocycles. The Labute approximate surface area is 114 Å². The second-order valence-corrected chi connectivity index (χ2v) is 6.07. The largest absolute Gasteiger partial charge is 0.370 e. The van der Waals surface area contributed by atoms with Crippen molar-refractivity contribution >= 4 is 5.91 Å². The molecule has 4 N–H and O–H groups in total. The fraction of sp³-hybridized carbons (Fsp3) is 0.533. The zero-order valence-electron chi connectivity index (χ0n) is 12.1. The molecule has 0 aliphatic rings. The third kappa shape index (κ3) is 4.31. The fourth-order valence-electron chi connectivity index (χ4n) is 2.75. The first-order valence-corrected chi connectivity index (χ1v) is 6.43. The van der Waals surface area contributed by atoms with E-state index in [2.05, 4.69) is 0 Å². The topological polar surface area (TPSA) is 69.1 Å². The van der Waals surface area contributed by atoms with Crippen molar-refractivity contribution < 1.29 is 9.18 Å². The molecular weight excluding hydrogens is 243 g/mol. The van der Waals surface area contributed by atoms with Crippen LogP contribution in [0.2, 0.25) is 0 Å². The average Bonchev–Trinajstić information content (AvgIpc) is 2.10. The Bertz CT molecular complexity index is 460. The number of rotatable bonds is 5. The number of aryl methyl sites for hydroxylation is 2. The third-order valence-electron chi connectivity index (χ3n) is 3.35. The van der Waals surface area contributed by atoms with Gasteiger partial charge in [0.05, 0.1) is 0 Å². The van der Waals surface area contributed by atoms with E-state index in [1.165, 1.54) is 12.1 Å². The first kappa shape index (κ1) is 15.6. The fourth-order valence-corrected chi connectivity index (χ4v) is 2.75. The van der Waals surface area contributed by atoms with Crippen LogP contribution < -0.4 is 11.5 Å². The number of halogens is 1. The van der Waals surface area contributed by atoms with Gasteiger partial charge in [-0.3, -0.25) is 4.79 Å². The first-order chi connectivity index (χ1) is 8.62. The number of benzene rings is 1. The van der Waals surface area contributed by atoms with Crippen LogP contribution in [0.5, 0.6) is 0 Å². The lowest BCUT2D eigenvalue weighted by atomic mass is 9.79. The normalized spacial score (nSPS) is 13.4. The molecule has 1 rings (SSSR count). The van der Waals surface area contributed by atoms with E-state index in [1.54, 1.807) is 0 Å². The van der Waals surface area contributed by atoms with Crippen molar-refractivity contribution in [2.45, 2.75) is 46.6 Å². The monoisotopic (exact) mass is 266 g/mol. The van der Waals surface area contributed by atoms with E-state index in [0.29, 0.717) is 12.8 Å². The van der Waals surface area contributed by atoms with Gasteiger partial charge in [-0.25, -0.2) is 4.39 Å². The quantitative estimate of drug-likeness (QED) is 0.860. The van der Waals surface area contributed by atoms with Crippen molar-refractivity contribution in [1.29, 1.82) is 0 Å². The standard InChI is InChI=1S/C15H23FN2O/c1-9-5-11(16)6-10(2)14(9)12(17)7-15(3,4)8-13(18)19/h5-6,12H,7-8,17H2,1-4H3,(H2,18,19). The van der Waals surface area contributed by atoms with Crippen LogP contribution in [0.1, 0.15) is 49.4 Å². The Morgan fingerprint density at radius 1 is 1.32 bits per heavy atom. The highest BCUT2D eigenvalue weighted by Gasteiger charge is 2.26. The predicted octanol–water partition coefficient (Wildman–Crippen LogP) is 2.73. The highest BCUT2D eigenvalue weighted by Crippen LogP contribution is 2.34. The second kappa shape index (κ2) is 5.70. The van der Waals surface area contributed by atoms with Gasteiger partial charge in [-0.1, -0.05) is 13.8 Å². The number of nitrogens with two attached hydrogens (primary N) is 2. The van der Waals surface area contributed by atoms with E-state index in [9.17, 15) is 9.18 Å². The van der Waals surface area contributed by atoms with Crippen molar-refractivity contribution in [2.24, 2.45) is 16.9 Å². The van der Waals surface area contributed by atoms with E-state index in [1.807, 2.05) is 27.7 Å². The summed E-state index contributed by atoms with van der Waals surface area (Å²) < 4.78 is 13.3. The van der Waals surface area contributed by atoms with Gasteiger partial charge in [-0.05, 0) is 54.5 Å². The summed E-state index contributed by atoms with van der Waals surface area (Å²) in [5.41, 5.74) is 13.9. The van der Waals surface area contributed by atoms with Gasteiger partial charge in [0.15, 0.2) is 0 Å². The number of carbonyl (C=O) groups is 1. The molecule has 1 aromatic rings. The highest BCUT2D eigenvalue weighted by atomic mass is 19.1. The minimum Gasteiger partial charge on any atom is -0.370 e. The van der Waals surface area contributed by atoms with Crippen molar-refractivity contribution in [3.63, 3.8) is 0 Å². The molecule has 0 heterocycles. The zero-order valence-corrected chi connectivity index (χ0v) is 12.1. The molecule has 0 aliphatic carbocycles. The molecule has 0 spiro atoms. The Hall–Kier alpha value is -1.42. The molecule has 106 valence electrons. The summed E-state index contributed by atoms with van der Waals surface area (Å²) in [6.45, 7) is 7.64. The number of hydrogen-bond acceptors (Lipinski definition) is 2.